The topological polar surface area (TPSA) is 51.0 Å². The van der Waals surface area contributed by atoms with E-state index in [2.05, 4.69) is 15.5 Å². The molecule has 1 heterocycles. The van der Waals surface area contributed by atoms with Crippen molar-refractivity contribution in [1.82, 2.24) is 15.5 Å². The second-order valence-corrected chi connectivity index (χ2v) is 6.09. The van der Waals surface area contributed by atoms with E-state index in [0.717, 1.165) is 30.9 Å². The van der Waals surface area contributed by atoms with Crippen LogP contribution in [0.4, 0.5) is 13.2 Å². The van der Waals surface area contributed by atoms with Crippen LogP contribution in [-0.4, -0.2) is 16.2 Å². The van der Waals surface area contributed by atoms with Crippen LogP contribution >= 0.6 is 0 Å². The predicted octanol–water partition coefficient (Wildman–Crippen LogP) is 4.08. The lowest BCUT2D eigenvalue weighted by molar-refractivity contribution is -0.137. The van der Waals surface area contributed by atoms with Crippen molar-refractivity contribution < 1.29 is 17.6 Å². The van der Waals surface area contributed by atoms with Crippen LogP contribution in [0.15, 0.2) is 28.7 Å². The van der Waals surface area contributed by atoms with Crippen molar-refractivity contribution in [3.8, 4) is 0 Å². The first-order chi connectivity index (χ1) is 11.5. The molecule has 2 aromatic rings. The number of benzene rings is 1. The van der Waals surface area contributed by atoms with E-state index >= 15 is 0 Å². The first kappa shape index (κ1) is 17.0. The van der Waals surface area contributed by atoms with Gasteiger partial charge < -0.3 is 9.73 Å². The molecule has 0 radical (unpaired) electrons. The van der Waals surface area contributed by atoms with Crippen LogP contribution in [0.2, 0.25) is 0 Å². The van der Waals surface area contributed by atoms with Crippen molar-refractivity contribution in [3.63, 3.8) is 0 Å². The number of halogens is 3. The van der Waals surface area contributed by atoms with Gasteiger partial charge in [0.15, 0.2) is 0 Å². The summed E-state index contributed by atoms with van der Waals surface area (Å²) in [6.45, 7) is 2.37. The van der Waals surface area contributed by atoms with Crippen LogP contribution in [-0.2, 0) is 19.1 Å². The number of nitrogens with zero attached hydrogens (tertiary/aromatic N) is 2. The van der Waals surface area contributed by atoms with Crippen LogP contribution in [0.1, 0.15) is 55.0 Å². The molecule has 0 aliphatic heterocycles. The van der Waals surface area contributed by atoms with Gasteiger partial charge in [-0.1, -0.05) is 31.5 Å². The first-order valence-electron chi connectivity index (χ1n) is 8.19. The molecule has 130 valence electrons. The molecule has 1 fully saturated rings. The Morgan fingerprint density at radius 1 is 1.21 bits per heavy atom. The SMILES string of the molecule is CCc1nnc(CN[C@H]2CCC[C@H]2c2cccc(C(F)(F)F)c2)o1. The number of aromatic nitrogens is 2. The predicted molar refractivity (Wildman–Crippen MR) is 82.3 cm³/mol. The van der Waals surface area contributed by atoms with E-state index in [9.17, 15) is 13.2 Å². The van der Waals surface area contributed by atoms with Gasteiger partial charge in [-0.25, -0.2) is 0 Å². The van der Waals surface area contributed by atoms with Crippen LogP contribution < -0.4 is 5.32 Å². The second kappa shape index (κ2) is 6.93. The lowest BCUT2D eigenvalue weighted by atomic mass is 9.92. The molecule has 3 rings (SSSR count). The molecule has 0 saturated heterocycles. The summed E-state index contributed by atoms with van der Waals surface area (Å²) in [6.07, 6.45) is -0.831. The zero-order chi connectivity index (χ0) is 17.2. The third kappa shape index (κ3) is 3.77. The van der Waals surface area contributed by atoms with Gasteiger partial charge >= 0.3 is 6.18 Å². The smallest absolute Gasteiger partial charge is 0.416 e. The second-order valence-electron chi connectivity index (χ2n) is 6.09. The first-order valence-corrected chi connectivity index (χ1v) is 8.19. The Bertz CT molecular complexity index is 684. The number of hydrogen-bond donors (Lipinski definition) is 1. The standard InChI is InChI=1S/C17H20F3N3O/c1-2-15-22-23-16(24-15)10-21-14-8-4-7-13(14)11-5-3-6-12(9-11)17(18,19)20/h3,5-6,9,13-14,21H,2,4,7-8,10H2,1H3/t13-,14-/m0/s1. The van der Waals surface area contributed by atoms with Crippen LogP contribution in [0.5, 0.6) is 0 Å². The highest BCUT2D eigenvalue weighted by molar-refractivity contribution is 5.30. The zero-order valence-electron chi connectivity index (χ0n) is 13.4. The summed E-state index contributed by atoms with van der Waals surface area (Å²) in [4.78, 5) is 0. The van der Waals surface area contributed by atoms with E-state index in [1.807, 2.05) is 6.92 Å². The fraction of sp³-hybridized carbons (Fsp3) is 0.529. The van der Waals surface area contributed by atoms with Gasteiger partial charge in [0, 0.05) is 12.5 Å². The van der Waals surface area contributed by atoms with Crippen molar-refractivity contribution in [2.24, 2.45) is 0 Å². The van der Waals surface area contributed by atoms with E-state index in [1.54, 1.807) is 6.07 Å². The number of hydrogen-bond acceptors (Lipinski definition) is 4. The van der Waals surface area contributed by atoms with Crippen molar-refractivity contribution in [2.75, 3.05) is 0 Å². The van der Waals surface area contributed by atoms with E-state index in [0.29, 0.717) is 24.7 Å². The van der Waals surface area contributed by atoms with Crippen molar-refractivity contribution >= 4 is 0 Å². The highest BCUT2D eigenvalue weighted by atomic mass is 19.4. The molecule has 24 heavy (non-hydrogen) atoms. The Balaban J connectivity index is 1.69. The summed E-state index contributed by atoms with van der Waals surface area (Å²) in [6, 6.07) is 5.77. The normalized spacial score (nSPS) is 21.3. The lowest BCUT2D eigenvalue weighted by Gasteiger charge is -2.21. The van der Waals surface area contributed by atoms with Crippen LogP contribution in [0.3, 0.4) is 0 Å². The molecule has 0 unspecified atom stereocenters. The highest BCUT2D eigenvalue weighted by Gasteiger charge is 2.33. The average molecular weight is 339 g/mol. The van der Waals surface area contributed by atoms with E-state index in [1.165, 1.54) is 12.1 Å². The molecule has 0 bridgehead atoms. The van der Waals surface area contributed by atoms with Gasteiger partial charge in [-0.2, -0.15) is 13.2 Å². The Kier molecular flexibility index (Phi) is 4.89. The van der Waals surface area contributed by atoms with Gasteiger partial charge in [0.05, 0.1) is 12.1 Å². The monoisotopic (exact) mass is 339 g/mol. The quantitative estimate of drug-likeness (QED) is 0.892. The summed E-state index contributed by atoms with van der Waals surface area (Å²) >= 11 is 0. The third-order valence-corrected chi connectivity index (χ3v) is 4.48. The van der Waals surface area contributed by atoms with Gasteiger partial charge in [-0.05, 0) is 30.4 Å². The minimum atomic E-state index is -4.31. The molecule has 2 atom stereocenters. The molecular weight excluding hydrogens is 319 g/mol. The molecule has 1 saturated carbocycles. The van der Waals surface area contributed by atoms with Crippen molar-refractivity contribution in [1.29, 1.82) is 0 Å². The largest absolute Gasteiger partial charge is 0.424 e. The minimum Gasteiger partial charge on any atom is -0.424 e. The Morgan fingerprint density at radius 2 is 2.00 bits per heavy atom. The number of nitrogens with one attached hydrogen (secondary N) is 1. The number of alkyl halides is 3. The molecule has 0 spiro atoms. The van der Waals surface area contributed by atoms with Gasteiger partial charge in [-0.3, -0.25) is 0 Å². The summed E-state index contributed by atoms with van der Waals surface area (Å²) in [5, 5.41) is 11.2. The maximum absolute atomic E-state index is 12.9. The third-order valence-electron chi connectivity index (χ3n) is 4.48. The molecule has 1 aliphatic carbocycles. The molecule has 1 N–H and O–H groups in total. The minimum absolute atomic E-state index is 0.0702. The van der Waals surface area contributed by atoms with Gasteiger partial charge in [-0.15, -0.1) is 10.2 Å². The van der Waals surface area contributed by atoms with Crippen LogP contribution in [0, 0.1) is 0 Å². The fourth-order valence-corrected chi connectivity index (χ4v) is 3.27. The van der Waals surface area contributed by atoms with E-state index in [-0.39, 0.29) is 12.0 Å². The summed E-state index contributed by atoms with van der Waals surface area (Å²) in [5.41, 5.74) is 0.148. The van der Waals surface area contributed by atoms with Crippen molar-refractivity contribution in [2.45, 2.75) is 57.3 Å². The maximum Gasteiger partial charge on any atom is 0.416 e. The highest BCUT2D eigenvalue weighted by Crippen LogP contribution is 2.37. The summed E-state index contributed by atoms with van der Waals surface area (Å²) in [7, 11) is 0. The Hall–Kier alpha value is -1.89. The molecular formula is C17H20F3N3O. The Labute approximate surface area is 138 Å². The maximum atomic E-state index is 12.9. The molecule has 1 aromatic carbocycles. The molecule has 1 aromatic heterocycles. The van der Waals surface area contributed by atoms with E-state index < -0.39 is 11.7 Å². The summed E-state index contributed by atoms with van der Waals surface area (Å²) in [5.74, 6) is 1.18. The number of rotatable bonds is 5. The molecule has 4 nitrogen and oxygen atoms in total. The molecule has 7 heteroatoms. The van der Waals surface area contributed by atoms with E-state index in [4.69, 9.17) is 4.42 Å². The van der Waals surface area contributed by atoms with Crippen molar-refractivity contribution in [3.05, 3.63) is 47.2 Å². The van der Waals surface area contributed by atoms with Gasteiger partial charge in [0.1, 0.15) is 0 Å². The molecule has 0 amide bonds. The zero-order valence-corrected chi connectivity index (χ0v) is 13.4. The molecule has 1 aliphatic rings. The average Bonchev–Trinajstić information content (AvgIpc) is 3.21. The lowest BCUT2D eigenvalue weighted by Crippen LogP contribution is -2.31. The van der Waals surface area contributed by atoms with Gasteiger partial charge in [0.25, 0.3) is 0 Å². The number of aryl methyl sites for hydroxylation is 1. The van der Waals surface area contributed by atoms with Gasteiger partial charge in [0.2, 0.25) is 11.8 Å². The summed E-state index contributed by atoms with van der Waals surface area (Å²) < 4.78 is 44.2. The fourth-order valence-electron chi connectivity index (χ4n) is 3.27. The van der Waals surface area contributed by atoms with Crippen LogP contribution in [0.25, 0.3) is 0 Å². The Morgan fingerprint density at radius 3 is 2.71 bits per heavy atom.